The first-order valence-electron chi connectivity index (χ1n) is 8.35. The van der Waals surface area contributed by atoms with Crippen molar-refractivity contribution < 1.29 is 13.2 Å². The van der Waals surface area contributed by atoms with E-state index in [0.717, 1.165) is 44.1 Å². The van der Waals surface area contributed by atoms with Crippen LogP contribution >= 0.6 is 23.7 Å². The quantitative estimate of drug-likeness (QED) is 0.806. The first kappa shape index (κ1) is 19.6. The van der Waals surface area contributed by atoms with Crippen LogP contribution in [0.1, 0.15) is 30.4 Å². The molecule has 0 bridgehead atoms. The van der Waals surface area contributed by atoms with Gasteiger partial charge in [-0.3, -0.25) is 0 Å². The highest BCUT2D eigenvalue weighted by molar-refractivity contribution is 7.91. The molecular formula is C15H22ClN5O3S2. The molecule has 4 rings (SSSR count). The number of piperidine rings is 1. The van der Waals surface area contributed by atoms with E-state index in [0.29, 0.717) is 23.0 Å². The van der Waals surface area contributed by atoms with E-state index in [1.54, 1.807) is 15.8 Å². The fourth-order valence-corrected chi connectivity index (χ4v) is 6.39. The Morgan fingerprint density at radius 3 is 2.77 bits per heavy atom. The SMILES string of the molecule is COc1ccsc1S(=O)(=O)N1CCC(c2nnc3n2CCNC3)CC1.Cl. The molecule has 0 radical (unpaired) electrons. The third-order valence-corrected chi connectivity index (χ3v) is 8.18. The van der Waals surface area contributed by atoms with Crippen molar-refractivity contribution in [2.24, 2.45) is 0 Å². The van der Waals surface area contributed by atoms with Gasteiger partial charge in [0.2, 0.25) is 0 Å². The maximum Gasteiger partial charge on any atom is 0.256 e. The van der Waals surface area contributed by atoms with E-state index < -0.39 is 10.0 Å². The van der Waals surface area contributed by atoms with Crippen molar-refractivity contribution in [3.8, 4) is 5.75 Å². The van der Waals surface area contributed by atoms with Gasteiger partial charge in [0.25, 0.3) is 10.0 Å². The molecule has 0 atom stereocenters. The Kier molecular flexibility index (Phi) is 5.88. The summed E-state index contributed by atoms with van der Waals surface area (Å²) in [5.41, 5.74) is 0. The summed E-state index contributed by atoms with van der Waals surface area (Å²) >= 11 is 1.20. The lowest BCUT2D eigenvalue weighted by atomic mass is 9.97. The van der Waals surface area contributed by atoms with E-state index in [4.69, 9.17) is 4.74 Å². The molecule has 0 amide bonds. The maximum absolute atomic E-state index is 12.9. The lowest BCUT2D eigenvalue weighted by Crippen LogP contribution is -2.38. The van der Waals surface area contributed by atoms with Crippen molar-refractivity contribution in [3.63, 3.8) is 0 Å². The zero-order valence-corrected chi connectivity index (χ0v) is 16.9. The number of aromatic nitrogens is 3. The van der Waals surface area contributed by atoms with E-state index in [1.165, 1.54) is 18.4 Å². The molecule has 0 spiro atoms. The molecule has 1 saturated heterocycles. The number of hydrogen-bond donors (Lipinski definition) is 1. The van der Waals surface area contributed by atoms with Crippen LogP contribution in [-0.4, -0.2) is 54.2 Å². The van der Waals surface area contributed by atoms with Crippen LogP contribution < -0.4 is 10.1 Å². The second-order valence-corrected chi connectivity index (χ2v) is 9.31. The van der Waals surface area contributed by atoms with E-state index in [-0.39, 0.29) is 18.3 Å². The second kappa shape index (κ2) is 7.81. The Balaban J connectivity index is 0.00000196. The van der Waals surface area contributed by atoms with Crippen molar-refractivity contribution in [2.75, 3.05) is 26.7 Å². The van der Waals surface area contributed by atoms with Crippen LogP contribution in [0.25, 0.3) is 0 Å². The predicted molar refractivity (Wildman–Crippen MR) is 101 cm³/mol. The molecule has 1 N–H and O–H groups in total. The van der Waals surface area contributed by atoms with Gasteiger partial charge in [0.15, 0.2) is 4.21 Å². The molecule has 11 heteroatoms. The Labute approximate surface area is 163 Å². The molecule has 0 aromatic carbocycles. The van der Waals surface area contributed by atoms with Gasteiger partial charge in [-0.15, -0.1) is 33.9 Å². The number of sulfonamides is 1. The zero-order valence-electron chi connectivity index (χ0n) is 14.4. The van der Waals surface area contributed by atoms with E-state index >= 15 is 0 Å². The molecule has 0 saturated carbocycles. The maximum atomic E-state index is 12.9. The van der Waals surface area contributed by atoms with Crippen molar-refractivity contribution in [2.45, 2.75) is 36.1 Å². The Morgan fingerprint density at radius 1 is 1.27 bits per heavy atom. The normalized spacial score (nSPS) is 19.0. The predicted octanol–water partition coefficient (Wildman–Crippen LogP) is 1.44. The van der Waals surface area contributed by atoms with Gasteiger partial charge in [-0.2, -0.15) is 4.31 Å². The second-order valence-electron chi connectivity index (χ2n) is 6.26. The third-order valence-electron chi connectivity index (χ3n) is 4.86. The fourth-order valence-electron chi connectivity index (χ4n) is 3.51. The lowest BCUT2D eigenvalue weighted by Gasteiger charge is -2.31. The molecule has 2 aliphatic heterocycles. The topological polar surface area (TPSA) is 89.4 Å². The summed E-state index contributed by atoms with van der Waals surface area (Å²) in [5.74, 6) is 2.66. The number of ether oxygens (including phenoxy) is 1. The highest BCUT2D eigenvalue weighted by Gasteiger charge is 2.34. The van der Waals surface area contributed by atoms with Crippen LogP contribution in [0.15, 0.2) is 15.7 Å². The molecule has 0 aliphatic carbocycles. The third kappa shape index (κ3) is 3.36. The summed E-state index contributed by atoms with van der Waals surface area (Å²) in [6.07, 6.45) is 1.52. The fraction of sp³-hybridized carbons (Fsp3) is 0.600. The largest absolute Gasteiger partial charge is 0.494 e. The van der Waals surface area contributed by atoms with Crippen LogP contribution in [-0.2, 0) is 23.1 Å². The van der Waals surface area contributed by atoms with E-state index in [1.807, 2.05) is 0 Å². The van der Waals surface area contributed by atoms with Gasteiger partial charge >= 0.3 is 0 Å². The molecule has 2 aliphatic rings. The van der Waals surface area contributed by atoms with Gasteiger partial charge in [0, 0.05) is 32.1 Å². The Bertz CT molecular complexity index is 859. The van der Waals surface area contributed by atoms with Crippen LogP contribution in [0.5, 0.6) is 5.75 Å². The summed E-state index contributed by atoms with van der Waals surface area (Å²) in [6.45, 7) is 3.54. The van der Waals surface area contributed by atoms with E-state index in [2.05, 4.69) is 20.1 Å². The molecule has 144 valence electrons. The number of fused-ring (bicyclic) bond motifs is 1. The average Bonchev–Trinajstić information content (AvgIpc) is 3.29. The number of halogens is 1. The van der Waals surface area contributed by atoms with Gasteiger partial charge in [-0.05, 0) is 24.3 Å². The number of methoxy groups -OCH3 is 1. The van der Waals surface area contributed by atoms with E-state index in [9.17, 15) is 8.42 Å². The molecule has 26 heavy (non-hydrogen) atoms. The lowest BCUT2D eigenvalue weighted by molar-refractivity contribution is 0.306. The Hall–Kier alpha value is -1.20. The summed E-state index contributed by atoms with van der Waals surface area (Å²) in [4.78, 5) is 0. The number of thiophene rings is 1. The smallest absolute Gasteiger partial charge is 0.256 e. The number of nitrogens with zero attached hydrogens (tertiary/aromatic N) is 4. The van der Waals surface area contributed by atoms with Gasteiger partial charge in [-0.25, -0.2) is 8.42 Å². The highest BCUT2D eigenvalue weighted by atomic mass is 35.5. The average molecular weight is 420 g/mol. The highest BCUT2D eigenvalue weighted by Crippen LogP contribution is 2.35. The monoisotopic (exact) mass is 419 g/mol. The van der Waals surface area contributed by atoms with Crippen molar-refractivity contribution >= 4 is 33.8 Å². The molecule has 0 unspecified atom stereocenters. The summed E-state index contributed by atoms with van der Waals surface area (Å²) in [7, 11) is -2.00. The zero-order chi connectivity index (χ0) is 17.4. The van der Waals surface area contributed by atoms with Crippen LogP contribution in [0.4, 0.5) is 0 Å². The molecule has 8 nitrogen and oxygen atoms in total. The van der Waals surface area contributed by atoms with Crippen molar-refractivity contribution in [1.82, 2.24) is 24.4 Å². The molecule has 2 aromatic rings. The van der Waals surface area contributed by atoms with Crippen LogP contribution in [0, 0.1) is 0 Å². The molecular weight excluding hydrogens is 398 g/mol. The standard InChI is InChI=1S/C15H21N5O3S2.ClH/c1-23-12-4-9-24-15(12)25(21,22)19-6-2-11(3-7-19)14-18-17-13-10-16-5-8-20(13)14;/h4,9,11,16H,2-3,5-8,10H2,1H3;1H. The van der Waals surface area contributed by atoms with Crippen LogP contribution in [0.3, 0.4) is 0 Å². The number of hydrogen-bond acceptors (Lipinski definition) is 7. The van der Waals surface area contributed by atoms with Crippen LogP contribution in [0.2, 0.25) is 0 Å². The van der Waals surface area contributed by atoms with Crippen molar-refractivity contribution in [1.29, 1.82) is 0 Å². The minimum atomic E-state index is -3.50. The first-order valence-corrected chi connectivity index (χ1v) is 10.7. The molecule has 4 heterocycles. The van der Waals surface area contributed by atoms with Gasteiger partial charge < -0.3 is 14.6 Å². The summed E-state index contributed by atoms with van der Waals surface area (Å²) in [6, 6.07) is 1.70. The Morgan fingerprint density at radius 2 is 2.04 bits per heavy atom. The molecule has 2 aromatic heterocycles. The van der Waals surface area contributed by atoms with Gasteiger partial charge in [0.05, 0.1) is 13.7 Å². The number of rotatable bonds is 4. The minimum Gasteiger partial charge on any atom is -0.494 e. The molecule has 1 fully saturated rings. The van der Waals surface area contributed by atoms with Gasteiger partial charge in [0.1, 0.15) is 17.4 Å². The first-order chi connectivity index (χ1) is 12.1. The summed E-state index contributed by atoms with van der Waals surface area (Å²) < 4.78 is 35.0. The van der Waals surface area contributed by atoms with Crippen molar-refractivity contribution in [3.05, 3.63) is 23.1 Å². The van der Waals surface area contributed by atoms with Gasteiger partial charge in [-0.1, -0.05) is 0 Å². The number of nitrogens with one attached hydrogen (secondary N) is 1. The summed E-state index contributed by atoms with van der Waals surface area (Å²) in [5, 5.41) is 13.7. The minimum absolute atomic E-state index is 0.